The Kier molecular flexibility index (Phi) is 5.17. The van der Waals surface area contributed by atoms with E-state index in [1.807, 2.05) is 0 Å². The predicted octanol–water partition coefficient (Wildman–Crippen LogP) is -0.354. The SMILES string of the molecule is CN(C(=O)OC(C)(C)C)S(=O)(=O)NCCN. The molecule has 7 nitrogen and oxygen atoms in total. The first kappa shape index (κ1) is 15.1. The minimum absolute atomic E-state index is 0.0650. The van der Waals surface area contributed by atoms with Crippen LogP contribution in [0.25, 0.3) is 0 Å². The monoisotopic (exact) mass is 253 g/mol. The second-order valence-corrected chi connectivity index (χ2v) is 5.92. The third-order valence-corrected chi connectivity index (χ3v) is 2.88. The van der Waals surface area contributed by atoms with Gasteiger partial charge in [-0.1, -0.05) is 0 Å². The van der Waals surface area contributed by atoms with Crippen LogP contribution in [0.1, 0.15) is 20.8 Å². The van der Waals surface area contributed by atoms with Gasteiger partial charge < -0.3 is 10.5 Å². The first-order chi connectivity index (χ1) is 7.10. The van der Waals surface area contributed by atoms with E-state index in [4.69, 9.17) is 10.5 Å². The smallest absolute Gasteiger partial charge is 0.424 e. The number of nitrogens with one attached hydrogen (secondary N) is 1. The Labute approximate surface area is 96.1 Å². The highest BCUT2D eigenvalue weighted by Crippen LogP contribution is 2.10. The van der Waals surface area contributed by atoms with E-state index in [1.54, 1.807) is 20.8 Å². The topological polar surface area (TPSA) is 102 Å². The summed E-state index contributed by atoms with van der Waals surface area (Å²) in [5, 5.41) is 0. The molecular weight excluding hydrogens is 234 g/mol. The van der Waals surface area contributed by atoms with Crippen LogP contribution in [0.3, 0.4) is 0 Å². The van der Waals surface area contributed by atoms with Crippen molar-refractivity contribution >= 4 is 16.3 Å². The third-order valence-electron chi connectivity index (χ3n) is 1.44. The second kappa shape index (κ2) is 5.46. The molecule has 1 amide bonds. The van der Waals surface area contributed by atoms with Gasteiger partial charge in [-0.3, -0.25) is 0 Å². The summed E-state index contributed by atoms with van der Waals surface area (Å²) in [5.74, 6) is 0. The van der Waals surface area contributed by atoms with Gasteiger partial charge in [-0.05, 0) is 20.8 Å². The van der Waals surface area contributed by atoms with Crippen LogP contribution in [0.5, 0.6) is 0 Å². The maximum atomic E-state index is 11.5. The van der Waals surface area contributed by atoms with Gasteiger partial charge in [0.15, 0.2) is 0 Å². The van der Waals surface area contributed by atoms with Crippen LogP contribution in [0.4, 0.5) is 4.79 Å². The first-order valence-corrected chi connectivity index (χ1v) is 6.21. The molecule has 0 bridgehead atoms. The van der Waals surface area contributed by atoms with Crippen molar-refractivity contribution in [3.8, 4) is 0 Å². The lowest BCUT2D eigenvalue weighted by Gasteiger charge is -2.24. The first-order valence-electron chi connectivity index (χ1n) is 4.77. The van der Waals surface area contributed by atoms with Gasteiger partial charge in [0.25, 0.3) is 0 Å². The van der Waals surface area contributed by atoms with Crippen LogP contribution >= 0.6 is 0 Å². The van der Waals surface area contributed by atoms with Gasteiger partial charge in [0.2, 0.25) is 0 Å². The average Bonchev–Trinajstić information content (AvgIpc) is 2.10. The van der Waals surface area contributed by atoms with Gasteiger partial charge in [-0.15, -0.1) is 0 Å². The number of rotatable bonds is 4. The van der Waals surface area contributed by atoms with E-state index in [0.717, 1.165) is 7.05 Å². The molecule has 3 N–H and O–H groups in total. The lowest BCUT2D eigenvalue weighted by atomic mass is 10.2. The van der Waals surface area contributed by atoms with Crippen molar-refractivity contribution in [2.75, 3.05) is 20.1 Å². The summed E-state index contributed by atoms with van der Waals surface area (Å²) in [5.41, 5.74) is 4.41. The Morgan fingerprint density at radius 3 is 2.31 bits per heavy atom. The fraction of sp³-hybridized carbons (Fsp3) is 0.875. The van der Waals surface area contributed by atoms with Gasteiger partial charge >= 0.3 is 16.3 Å². The Morgan fingerprint density at radius 1 is 1.44 bits per heavy atom. The number of carbonyl (C=O) groups is 1. The molecule has 0 unspecified atom stereocenters. The zero-order chi connectivity index (χ0) is 13.0. The molecule has 0 aromatic rings. The molecule has 0 saturated carbocycles. The zero-order valence-electron chi connectivity index (χ0n) is 9.98. The van der Waals surface area contributed by atoms with Crippen molar-refractivity contribution in [2.24, 2.45) is 5.73 Å². The van der Waals surface area contributed by atoms with Crippen molar-refractivity contribution in [1.29, 1.82) is 0 Å². The maximum absolute atomic E-state index is 11.5. The van der Waals surface area contributed by atoms with E-state index in [0.29, 0.717) is 4.31 Å². The largest absolute Gasteiger partial charge is 0.443 e. The Balaban J connectivity index is 4.55. The Morgan fingerprint density at radius 2 is 1.94 bits per heavy atom. The molecule has 0 fully saturated rings. The van der Waals surface area contributed by atoms with Crippen molar-refractivity contribution in [3.63, 3.8) is 0 Å². The van der Waals surface area contributed by atoms with Crippen LogP contribution in [-0.2, 0) is 14.9 Å². The highest BCUT2D eigenvalue weighted by atomic mass is 32.2. The molecule has 0 aromatic carbocycles. The molecule has 0 saturated heterocycles. The summed E-state index contributed by atoms with van der Waals surface area (Å²) in [6.45, 7) is 5.17. The van der Waals surface area contributed by atoms with Crippen molar-refractivity contribution in [1.82, 2.24) is 9.03 Å². The summed E-state index contributed by atoms with van der Waals surface area (Å²) in [7, 11) is -2.75. The van der Waals surface area contributed by atoms with E-state index in [1.165, 1.54) is 0 Å². The normalized spacial score (nSPS) is 12.3. The summed E-state index contributed by atoms with van der Waals surface area (Å²) in [6.07, 6.45) is -0.933. The highest BCUT2D eigenvalue weighted by Gasteiger charge is 2.27. The van der Waals surface area contributed by atoms with Crippen LogP contribution in [0, 0.1) is 0 Å². The molecule has 0 heterocycles. The standard InChI is InChI=1S/C8H19N3O4S/c1-8(2,3)15-7(12)11(4)16(13,14)10-6-5-9/h10H,5-6,9H2,1-4H3. The number of ether oxygens (including phenoxy) is 1. The number of amides is 1. The third kappa shape index (κ3) is 5.29. The Bertz CT molecular complexity index is 334. The average molecular weight is 253 g/mol. The van der Waals surface area contributed by atoms with E-state index in [9.17, 15) is 13.2 Å². The fourth-order valence-electron chi connectivity index (χ4n) is 0.709. The molecule has 96 valence electrons. The summed E-state index contributed by atoms with van der Waals surface area (Å²) < 4.78 is 30.5. The minimum atomic E-state index is -3.87. The van der Waals surface area contributed by atoms with Gasteiger partial charge in [-0.2, -0.15) is 17.4 Å². The lowest BCUT2D eigenvalue weighted by Crippen LogP contribution is -2.45. The molecule has 0 aliphatic rings. The van der Waals surface area contributed by atoms with E-state index < -0.39 is 21.9 Å². The predicted molar refractivity (Wildman–Crippen MR) is 60.0 cm³/mol. The van der Waals surface area contributed by atoms with Crippen LogP contribution < -0.4 is 10.5 Å². The van der Waals surface area contributed by atoms with Crippen molar-refractivity contribution < 1.29 is 17.9 Å². The van der Waals surface area contributed by atoms with Crippen LogP contribution in [-0.4, -0.2) is 44.6 Å². The fourth-order valence-corrected chi connectivity index (χ4v) is 1.51. The van der Waals surface area contributed by atoms with Crippen LogP contribution in [0.15, 0.2) is 0 Å². The zero-order valence-corrected chi connectivity index (χ0v) is 10.8. The summed E-state index contributed by atoms with van der Waals surface area (Å²) in [6, 6.07) is 0. The van der Waals surface area contributed by atoms with Gasteiger partial charge in [0.1, 0.15) is 5.60 Å². The highest BCUT2D eigenvalue weighted by molar-refractivity contribution is 7.87. The summed E-state index contributed by atoms with van der Waals surface area (Å²) in [4.78, 5) is 11.4. The van der Waals surface area contributed by atoms with Gasteiger partial charge in [0, 0.05) is 20.1 Å². The number of hydrogen-bond donors (Lipinski definition) is 2. The molecule has 0 rings (SSSR count). The maximum Gasteiger partial charge on any atom is 0.424 e. The minimum Gasteiger partial charge on any atom is -0.443 e. The molecule has 0 radical (unpaired) electrons. The number of hydrogen-bond acceptors (Lipinski definition) is 5. The van der Waals surface area contributed by atoms with E-state index in [-0.39, 0.29) is 13.1 Å². The molecule has 16 heavy (non-hydrogen) atoms. The molecule has 0 aliphatic carbocycles. The van der Waals surface area contributed by atoms with Crippen LogP contribution in [0.2, 0.25) is 0 Å². The van der Waals surface area contributed by atoms with Crippen molar-refractivity contribution in [2.45, 2.75) is 26.4 Å². The second-order valence-electron chi connectivity index (χ2n) is 4.14. The lowest BCUT2D eigenvalue weighted by molar-refractivity contribution is 0.0419. The number of nitrogens with zero attached hydrogens (tertiary/aromatic N) is 1. The number of nitrogens with two attached hydrogens (primary N) is 1. The molecule has 8 heteroatoms. The quantitative estimate of drug-likeness (QED) is 0.712. The van der Waals surface area contributed by atoms with Gasteiger partial charge in [-0.25, -0.2) is 4.79 Å². The van der Waals surface area contributed by atoms with Crippen molar-refractivity contribution in [3.05, 3.63) is 0 Å². The molecular formula is C8H19N3O4S. The van der Waals surface area contributed by atoms with E-state index >= 15 is 0 Å². The molecule has 0 atom stereocenters. The molecule has 0 aromatic heterocycles. The Hall–Kier alpha value is -0.860. The van der Waals surface area contributed by atoms with E-state index in [2.05, 4.69) is 4.72 Å². The molecule has 0 aliphatic heterocycles. The van der Waals surface area contributed by atoms with Gasteiger partial charge in [0.05, 0.1) is 0 Å². The summed E-state index contributed by atoms with van der Waals surface area (Å²) >= 11 is 0. The number of carbonyl (C=O) groups excluding carboxylic acids is 1. The molecule has 0 spiro atoms.